The molecule has 4 nitrogen and oxygen atoms in total. The van der Waals surface area contributed by atoms with Crippen LogP contribution < -0.4 is 0 Å². The molecule has 4 heteroatoms. The van der Waals surface area contributed by atoms with E-state index in [0.29, 0.717) is 17.5 Å². The van der Waals surface area contributed by atoms with E-state index in [9.17, 15) is 0 Å². The predicted molar refractivity (Wildman–Crippen MR) is 287 cm³/mol. The SMILES string of the molecule is Cc1ccccc1-c1cc(-c2nc(-c3ccccc3)nc(-c3ccc4c(c3)oc3cc(-c5cccc(-c6cccc(-c7ccc8c9ccccc9c9ccccc9c8c7)c6)c5)ccc34)n2)ccc1C. The first-order valence-corrected chi connectivity index (χ1v) is 23.5. The predicted octanol–water partition coefficient (Wildman–Crippen LogP) is 17.5. The van der Waals surface area contributed by atoms with Crippen LogP contribution in [-0.4, -0.2) is 15.0 Å². The largest absolute Gasteiger partial charge is 0.456 e. The molecule has 69 heavy (non-hydrogen) atoms. The highest BCUT2D eigenvalue weighted by Gasteiger charge is 2.17. The van der Waals surface area contributed by atoms with Crippen LogP contribution in [-0.2, 0) is 0 Å². The third kappa shape index (κ3) is 7.13. The quantitative estimate of drug-likeness (QED) is 0.150. The van der Waals surface area contributed by atoms with Gasteiger partial charge in [-0.05, 0) is 150 Å². The third-order valence-electron chi connectivity index (χ3n) is 13.8. The average Bonchev–Trinajstić information content (AvgIpc) is 3.79. The van der Waals surface area contributed by atoms with Crippen LogP contribution in [0.5, 0.6) is 0 Å². The van der Waals surface area contributed by atoms with Crippen molar-refractivity contribution in [1.82, 2.24) is 15.0 Å². The number of hydrogen-bond donors (Lipinski definition) is 0. The minimum atomic E-state index is 0.587. The van der Waals surface area contributed by atoms with E-state index in [4.69, 9.17) is 19.4 Å². The zero-order chi connectivity index (χ0) is 46.0. The number of hydrogen-bond acceptors (Lipinski definition) is 4. The van der Waals surface area contributed by atoms with Gasteiger partial charge in [-0.15, -0.1) is 0 Å². The Bertz CT molecular complexity index is 4130. The van der Waals surface area contributed by atoms with Crippen LogP contribution in [0.3, 0.4) is 0 Å². The third-order valence-corrected chi connectivity index (χ3v) is 13.8. The first-order chi connectivity index (χ1) is 34.0. The summed E-state index contributed by atoms with van der Waals surface area (Å²) >= 11 is 0. The lowest BCUT2D eigenvalue weighted by Gasteiger charge is -2.13. The molecule has 0 aliphatic heterocycles. The molecule has 0 bridgehead atoms. The van der Waals surface area contributed by atoms with Gasteiger partial charge in [-0.25, -0.2) is 15.0 Å². The second kappa shape index (κ2) is 16.4. The van der Waals surface area contributed by atoms with Gasteiger partial charge in [0.05, 0.1) is 0 Å². The molecular formula is C65H43N3O. The summed E-state index contributed by atoms with van der Waals surface area (Å²) in [6, 6.07) is 80.0. The van der Waals surface area contributed by atoms with Crippen molar-refractivity contribution in [2.45, 2.75) is 13.8 Å². The van der Waals surface area contributed by atoms with Crippen LogP contribution in [0.2, 0.25) is 0 Å². The lowest BCUT2D eigenvalue weighted by Crippen LogP contribution is -2.00. The minimum Gasteiger partial charge on any atom is -0.456 e. The van der Waals surface area contributed by atoms with E-state index in [1.54, 1.807) is 0 Å². The van der Waals surface area contributed by atoms with Gasteiger partial charge >= 0.3 is 0 Å². The van der Waals surface area contributed by atoms with Gasteiger partial charge in [0.2, 0.25) is 0 Å². The summed E-state index contributed by atoms with van der Waals surface area (Å²) in [5.74, 6) is 1.82. The molecule has 0 N–H and O–H groups in total. The fraction of sp³-hybridized carbons (Fsp3) is 0.0308. The van der Waals surface area contributed by atoms with Gasteiger partial charge in [0.15, 0.2) is 17.5 Å². The van der Waals surface area contributed by atoms with Crippen molar-refractivity contribution in [2.75, 3.05) is 0 Å². The van der Waals surface area contributed by atoms with Gasteiger partial charge in [-0.3, -0.25) is 0 Å². The van der Waals surface area contributed by atoms with Gasteiger partial charge in [0, 0.05) is 27.5 Å². The van der Waals surface area contributed by atoms with Crippen LogP contribution in [0.15, 0.2) is 229 Å². The maximum atomic E-state index is 6.68. The number of aryl methyl sites for hydroxylation is 2. The first-order valence-electron chi connectivity index (χ1n) is 23.5. The molecule has 0 fully saturated rings. The van der Waals surface area contributed by atoms with E-state index in [1.807, 2.05) is 30.3 Å². The van der Waals surface area contributed by atoms with Crippen LogP contribution in [0.25, 0.3) is 133 Å². The summed E-state index contributed by atoms with van der Waals surface area (Å²) < 4.78 is 6.68. The van der Waals surface area contributed by atoms with Crippen molar-refractivity contribution in [3.63, 3.8) is 0 Å². The molecule has 0 saturated heterocycles. The summed E-state index contributed by atoms with van der Waals surface area (Å²) in [5.41, 5.74) is 16.0. The number of nitrogens with zero attached hydrogens (tertiary/aromatic N) is 3. The Labute approximate surface area is 399 Å². The number of benzene rings is 11. The Balaban J connectivity index is 0.841. The van der Waals surface area contributed by atoms with Crippen LogP contribution in [0, 0.1) is 13.8 Å². The fourth-order valence-electron chi connectivity index (χ4n) is 10.2. The molecule has 2 aromatic heterocycles. The minimum absolute atomic E-state index is 0.587. The summed E-state index contributed by atoms with van der Waals surface area (Å²) in [5, 5.41) is 9.79. The van der Waals surface area contributed by atoms with Crippen molar-refractivity contribution in [2.24, 2.45) is 0 Å². The maximum Gasteiger partial charge on any atom is 0.164 e. The second-order valence-corrected chi connectivity index (χ2v) is 18.1. The smallest absolute Gasteiger partial charge is 0.164 e. The van der Waals surface area contributed by atoms with E-state index in [-0.39, 0.29) is 0 Å². The standard InChI is InChI=1S/C65H43N3O/c1-40-14-6-7-21-51(40)59-37-49(27-26-41(59)2)64-66-63(42-15-4-3-5-16-42)67-65(68-64)50-30-33-58-57-32-29-48(38-61(57)69-62(58)39-50)46-20-13-18-44(35-46)43-17-12-19-45(34-43)47-28-31-56-54-24-9-8-22-52(54)53-23-10-11-25-55(53)60(56)36-47/h3-39H,1-2H3. The molecule has 13 rings (SSSR count). The van der Waals surface area contributed by atoms with E-state index >= 15 is 0 Å². The Morgan fingerprint density at radius 1 is 0.246 bits per heavy atom. The van der Waals surface area contributed by atoms with Crippen molar-refractivity contribution < 1.29 is 4.42 Å². The Hall–Kier alpha value is -8.99. The van der Waals surface area contributed by atoms with E-state index < -0.39 is 0 Å². The lowest BCUT2D eigenvalue weighted by molar-refractivity contribution is 0.669. The topological polar surface area (TPSA) is 51.8 Å². The summed E-state index contributed by atoms with van der Waals surface area (Å²) in [6.45, 7) is 4.30. The van der Waals surface area contributed by atoms with Gasteiger partial charge in [0.25, 0.3) is 0 Å². The van der Waals surface area contributed by atoms with Crippen molar-refractivity contribution in [3.05, 3.63) is 236 Å². The highest BCUT2D eigenvalue weighted by molar-refractivity contribution is 6.25. The van der Waals surface area contributed by atoms with Gasteiger partial charge < -0.3 is 4.42 Å². The molecule has 0 saturated carbocycles. The monoisotopic (exact) mass is 881 g/mol. The van der Waals surface area contributed by atoms with Gasteiger partial charge in [-0.1, -0.05) is 176 Å². The Kier molecular flexibility index (Phi) is 9.58. The lowest BCUT2D eigenvalue weighted by atomic mass is 9.91. The van der Waals surface area contributed by atoms with Crippen molar-refractivity contribution in [3.8, 4) is 78.7 Å². The molecule has 0 amide bonds. The zero-order valence-electron chi connectivity index (χ0n) is 38.1. The Morgan fingerprint density at radius 3 is 1.23 bits per heavy atom. The van der Waals surface area contributed by atoms with E-state index in [0.717, 1.165) is 60.9 Å². The molecule has 11 aromatic carbocycles. The normalized spacial score (nSPS) is 11.6. The zero-order valence-corrected chi connectivity index (χ0v) is 38.1. The number of furan rings is 1. The van der Waals surface area contributed by atoms with Crippen molar-refractivity contribution in [1.29, 1.82) is 0 Å². The summed E-state index contributed by atoms with van der Waals surface area (Å²) in [4.78, 5) is 15.2. The number of rotatable bonds is 7. The summed E-state index contributed by atoms with van der Waals surface area (Å²) in [7, 11) is 0. The molecule has 13 aromatic rings. The highest BCUT2D eigenvalue weighted by atomic mass is 16.3. The van der Waals surface area contributed by atoms with Crippen LogP contribution in [0.4, 0.5) is 0 Å². The van der Waals surface area contributed by atoms with Crippen LogP contribution >= 0.6 is 0 Å². The van der Waals surface area contributed by atoms with E-state index in [2.05, 4.69) is 208 Å². The summed E-state index contributed by atoms with van der Waals surface area (Å²) in [6.07, 6.45) is 0. The van der Waals surface area contributed by atoms with Crippen molar-refractivity contribution >= 4 is 54.3 Å². The average molecular weight is 882 g/mol. The molecule has 324 valence electrons. The fourth-order valence-corrected chi connectivity index (χ4v) is 10.2. The van der Waals surface area contributed by atoms with E-state index in [1.165, 1.54) is 65.7 Å². The molecular weight excluding hydrogens is 839 g/mol. The number of fused-ring (bicyclic) bond motifs is 9. The molecule has 0 atom stereocenters. The molecule has 2 heterocycles. The second-order valence-electron chi connectivity index (χ2n) is 18.1. The molecule has 0 aliphatic carbocycles. The molecule has 0 unspecified atom stereocenters. The molecule has 0 aliphatic rings. The number of aromatic nitrogens is 3. The highest BCUT2D eigenvalue weighted by Crippen LogP contribution is 2.40. The molecule has 0 radical (unpaired) electrons. The molecule has 0 spiro atoms. The van der Waals surface area contributed by atoms with Gasteiger partial charge in [0.1, 0.15) is 11.2 Å². The van der Waals surface area contributed by atoms with Crippen LogP contribution in [0.1, 0.15) is 11.1 Å². The van der Waals surface area contributed by atoms with Gasteiger partial charge in [-0.2, -0.15) is 0 Å². The first kappa shape index (κ1) is 40.3. The Morgan fingerprint density at radius 2 is 0.638 bits per heavy atom. The maximum absolute atomic E-state index is 6.68.